The fraction of sp³-hybridized carbons (Fsp3) is 0.357. The molecule has 2 nitrogen and oxygen atoms in total. The minimum atomic E-state index is -0.0552. The van der Waals surface area contributed by atoms with Crippen LogP contribution in [0.4, 0.5) is 0 Å². The lowest BCUT2D eigenvalue weighted by Crippen LogP contribution is -2.39. The molecule has 1 fully saturated rings. The van der Waals surface area contributed by atoms with Crippen molar-refractivity contribution in [3.05, 3.63) is 34.0 Å². The molecule has 1 aromatic heterocycles. The second kappa shape index (κ2) is 5.15. The third kappa shape index (κ3) is 2.46. The summed E-state index contributed by atoms with van der Waals surface area (Å²) < 4.78 is 7.26. The van der Waals surface area contributed by atoms with E-state index in [-0.39, 0.29) is 4.93 Å². The number of rotatable bonds is 3. The fourth-order valence-corrected chi connectivity index (χ4v) is 3.74. The van der Waals surface area contributed by atoms with Crippen LogP contribution in [-0.2, 0) is 0 Å². The van der Waals surface area contributed by atoms with Gasteiger partial charge in [-0.05, 0) is 43.7 Å². The van der Waals surface area contributed by atoms with Crippen LogP contribution in [0.5, 0.6) is 5.75 Å². The zero-order valence-corrected chi connectivity index (χ0v) is 13.6. The van der Waals surface area contributed by atoms with Crippen molar-refractivity contribution in [1.82, 2.24) is 4.98 Å². The van der Waals surface area contributed by atoms with Gasteiger partial charge in [-0.25, -0.2) is 4.98 Å². The monoisotopic (exact) mass is 357 g/mol. The number of aromatic nitrogens is 1. The summed E-state index contributed by atoms with van der Waals surface area (Å²) >= 11 is 11.3. The summed E-state index contributed by atoms with van der Waals surface area (Å²) in [6.45, 7) is 0. The van der Waals surface area contributed by atoms with Crippen LogP contribution in [0.3, 0.4) is 0 Å². The lowest BCUT2D eigenvalue weighted by atomic mass is 9.95. The fourth-order valence-electron chi connectivity index (χ4n) is 2.25. The van der Waals surface area contributed by atoms with Gasteiger partial charge >= 0.3 is 0 Å². The summed E-state index contributed by atoms with van der Waals surface area (Å²) in [5, 5.41) is 2.53. The first-order valence-electron chi connectivity index (χ1n) is 6.11. The molecular formula is C14H13BrClNOS. The third-order valence-electron chi connectivity index (χ3n) is 3.56. The zero-order valence-electron chi connectivity index (χ0n) is 10.5. The maximum atomic E-state index is 6.25. The average molecular weight is 359 g/mol. The molecule has 100 valence electrons. The van der Waals surface area contributed by atoms with Gasteiger partial charge in [-0.1, -0.05) is 27.5 Å². The number of hydrogen-bond donors (Lipinski definition) is 0. The molecule has 19 heavy (non-hydrogen) atoms. The standard InChI is InChI=1S/C14H13BrClNOS/c1-19-14(5-2-6-14)18-12-4-3-11(15)9-7-13(16)17-8-10(9)12/h3-4,7-8H,2,5-6H2,1H3. The summed E-state index contributed by atoms with van der Waals surface area (Å²) in [6.07, 6.45) is 7.33. The second-order valence-electron chi connectivity index (χ2n) is 4.67. The Bertz CT molecular complexity index is 625. The number of pyridine rings is 1. The van der Waals surface area contributed by atoms with Gasteiger partial charge in [-0.2, -0.15) is 0 Å². The van der Waals surface area contributed by atoms with Gasteiger partial charge in [-0.15, -0.1) is 11.8 Å². The van der Waals surface area contributed by atoms with Crippen LogP contribution in [0.1, 0.15) is 19.3 Å². The smallest absolute Gasteiger partial charge is 0.154 e. The van der Waals surface area contributed by atoms with Crippen LogP contribution in [-0.4, -0.2) is 16.2 Å². The van der Waals surface area contributed by atoms with E-state index >= 15 is 0 Å². The van der Waals surface area contributed by atoms with Crippen molar-refractivity contribution in [3.8, 4) is 5.75 Å². The van der Waals surface area contributed by atoms with Crippen LogP contribution in [0, 0.1) is 0 Å². The Hall–Kier alpha value is -0.450. The van der Waals surface area contributed by atoms with E-state index in [1.54, 1.807) is 18.0 Å². The summed E-state index contributed by atoms with van der Waals surface area (Å²) in [6, 6.07) is 5.86. The molecule has 5 heteroatoms. The van der Waals surface area contributed by atoms with Crippen LogP contribution in [0.15, 0.2) is 28.9 Å². The summed E-state index contributed by atoms with van der Waals surface area (Å²) in [4.78, 5) is 4.11. The molecule has 1 aromatic carbocycles. The van der Waals surface area contributed by atoms with Gasteiger partial charge in [0.15, 0.2) is 4.93 Å². The van der Waals surface area contributed by atoms with E-state index in [1.165, 1.54) is 6.42 Å². The number of fused-ring (bicyclic) bond motifs is 1. The summed E-state index contributed by atoms with van der Waals surface area (Å²) in [5.74, 6) is 0.886. The maximum absolute atomic E-state index is 6.25. The Labute approximate surface area is 130 Å². The highest BCUT2D eigenvalue weighted by atomic mass is 79.9. The molecule has 0 aliphatic heterocycles. The van der Waals surface area contributed by atoms with Crippen molar-refractivity contribution in [2.24, 2.45) is 0 Å². The van der Waals surface area contributed by atoms with E-state index in [4.69, 9.17) is 16.3 Å². The number of hydrogen-bond acceptors (Lipinski definition) is 3. The first-order valence-corrected chi connectivity index (χ1v) is 8.51. The molecule has 0 spiro atoms. The van der Waals surface area contributed by atoms with Gasteiger partial charge in [0.25, 0.3) is 0 Å². The van der Waals surface area contributed by atoms with E-state index in [9.17, 15) is 0 Å². The molecule has 1 heterocycles. The Morgan fingerprint density at radius 1 is 1.37 bits per heavy atom. The molecule has 3 rings (SSSR count). The highest BCUT2D eigenvalue weighted by molar-refractivity contribution is 9.10. The third-order valence-corrected chi connectivity index (χ3v) is 5.69. The van der Waals surface area contributed by atoms with E-state index in [1.807, 2.05) is 18.2 Å². The number of benzene rings is 1. The Balaban J connectivity index is 2.07. The van der Waals surface area contributed by atoms with Gasteiger partial charge in [0, 0.05) is 21.4 Å². The number of thioether (sulfide) groups is 1. The normalized spacial score (nSPS) is 17.2. The van der Waals surface area contributed by atoms with Crippen LogP contribution >= 0.6 is 39.3 Å². The van der Waals surface area contributed by atoms with Crippen molar-refractivity contribution in [3.63, 3.8) is 0 Å². The van der Waals surface area contributed by atoms with E-state index < -0.39 is 0 Å². The Kier molecular flexibility index (Phi) is 3.67. The van der Waals surface area contributed by atoms with E-state index in [2.05, 4.69) is 27.2 Å². The molecule has 0 atom stereocenters. The highest BCUT2D eigenvalue weighted by Crippen LogP contribution is 2.46. The van der Waals surface area contributed by atoms with Gasteiger partial charge < -0.3 is 4.74 Å². The van der Waals surface area contributed by atoms with Crippen molar-refractivity contribution >= 4 is 50.1 Å². The summed E-state index contributed by atoms with van der Waals surface area (Å²) in [7, 11) is 0. The van der Waals surface area contributed by atoms with Crippen molar-refractivity contribution < 1.29 is 4.74 Å². The van der Waals surface area contributed by atoms with Crippen molar-refractivity contribution in [1.29, 1.82) is 0 Å². The molecule has 0 radical (unpaired) electrons. The van der Waals surface area contributed by atoms with Crippen LogP contribution in [0.25, 0.3) is 10.8 Å². The van der Waals surface area contributed by atoms with Crippen LogP contribution < -0.4 is 4.74 Å². The largest absolute Gasteiger partial charge is 0.476 e. The number of halogens is 2. The van der Waals surface area contributed by atoms with E-state index in [0.717, 1.165) is 33.8 Å². The minimum Gasteiger partial charge on any atom is -0.476 e. The quantitative estimate of drug-likeness (QED) is 0.551. The molecule has 0 bridgehead atoms. The van der Waals surface area contributed by atoms with E-state index in [0.29, 0.717) is 5.15 Å². The summed E-state index contributed by atoms with van der Waals surface area (Å²) in [5.41, 5.74) is 0. The average Bonchev–Trinajstić information content (AvgIpc) is 2.37. The SMILES string of the molecule is CSC1(Oc2ccc(Br)c3cc(Cl)ncc23)CCC1. The van der Waals surface area contributed by atoms with Gasteiger partial charge in [0.1, 0.15) is 10.9 Å². The van der Waals surface area contributed by atoms with Gasteiger partial charge in [0.05, 0.1) is 0 Å². The molecule has 1 saturated carbocycles. The molecule has 0 amide bonds. The molecule has 0 unspecified atom stereocenters. The topological polar surface area (TPSA) is 22.1 Å². The van der Waals surface area contributed by atoms with Crippen LogP contribution in [0.2, 0.25) is 5.15 Å². The minimum absolute atomic E-state index is 0.0552. The molecule has 0 saturated heterocycles. The molecule has 2 aromatic rings. The number of ether oxygens (including phenoxy) is 1. The predicted octanol–water partition coefficient (Wildman–Crippen LogP) is 5.27. The lowest BCUT2D eigenvalue weighted by molar-refractivity contribution is 0.0861. The van der Waals surface area contributed by atoms with Crippen molar-refractivity contribution in [2.45, 2.75) is 24.2 Å². The lowest BCUT2D eigenvalue weighted by Gasteiger charge is -2.40. The highest BCUT2D eigenvalue weighted by Gasteiger charge is 2.38. The second-order valence-corrected chi connectivity index (χ2v) is 7.06. The first-order chi connectivity index (χ1) is 9.13. The molecular weight excluding hydrogens is 346 g/mol. The molecule has 1 aliphatic carbocycles. The Morgan fingerprint density at radius 3 is 2.79 bits per heavy atom. The molecule has 0 N–H and O–H groups in total. The predicted molar refractivity (Wildman–Crippen MR) is 85.2 cm³/mol. The van der Waals surface area contributed by atoms with Crippen molar-refractivity contribution in [2.75, 3.05) is 6.26 Å². The van der Waals surface area contributed by atoms with Gasteiger partial charge in [-0.3, -0.25) is 0 Å². The maximum Gasteiger partial charge on any atom is 0.154 e. The van der Waals surface area contributed by atoms with Gasteiger partial charge in [0.2, 0.25) is 0 Å². The number of nitrogens with zero attached hydrogens (tertiary/aromatic N) is 1. The molecule has 1 aliphatic rings. The first kappa shape index (κ1) is 13.5. The zero-order chi connectivity index (χ0) is 13.5. The Morgan fingerprint density at radius 2 is 2.16 bits per heavy atom.